The minimum atomic E-state index is -0.782. The van der Waals surface area contributed by atoms with Crippen molar-refractivity contribution in [3.63, 3.8) is 0 Å². The largest absolute Gasteiger partial charge is 0.382 e. The molecule has 0 bridgehead atoms. The number of rotatable bonds is 3. The number of aliphatic hydroxyl groups excluding tert-OH is 1. The molecule has 5 nitrogen and oxygen atoms in total. The molecule has 1 aromatic carbocycles. The van der Waals surface area contributed by atoms with Crippen LogP contribution in [0.5, 0.6) is 0 Å². The van der Waals surface area contributed by atoms with Crippen molar-refractivity contribution in [2.45, 2.75) is 6.10 Å². The topological polar surface area (TPSA) is 66.7 Å². The van der Waals surface area contributed by atoms with E-state index in [0.717, 1.165) is 16.8 Å². The highest BCUT2D eigenvalue weighted by atomic mass is 16.3. The Morgan fingerprint density at radius 3 is 2.68 bits per heavy atom. The van der Waals surface area contributed by atoms with Crippen LogP contribution in [0.15, 0.2) is 48.8 Å². The summed E-state index contributed by atoms with van der Waals surface area (Å²) in [6.07, 6.45) is 2.66. The Bertz CT molecular complexity index is 672. The molecule has 0 spiro atoms. The summed E-state index contributed by atoms with van der Waals surface area (Å²) in [5.74, 6) is 0. The minimum Gasteiger partial charge on any atom is -0.382 e. The molecule has 0 radical (unpaired) electrons. The lowest BCUT2D eigenvalue weighted by Gasteiger charge is -2.08. The molecular formula is C14H14N4O. The van der Waals surface area contributed by atoms with Crippen LogP contribution in [0.25, 0.3) is 11.3 Å². The lowest BCUT2D eigenvalue weighted by Crippen LogP contribution is -2.02. The van der Waals surface area contributed by atoms with Crippen molar-refractivity contribution in [1.29, 1.82) is 0 Å². The summed E-state index contributed by atoms with van der Waals surface area (Å²) >= 11 is 0. The standard InChI is InChI=1S/C14H14N4O/c1-18-8-7-12(17-18)14(19)11-9-15-16-13(11)10-5-3-2-4-6-10/h2-9,14,19H,1H3,(H,15,16). The molecule has 1 unspecified atom stereocenters. The van der Waals surface area contributed by atoms with Gasteiger partial charge in [-0.25, -0.2) is 0 Å². The fourth-order valence-corrected chi connectivity index (χ4v) is 2.08. The number of aromatic nitrogens is 4. The highest BCUT2D eigenvalue weighted by molar-refractivity contribution is 5.63. The molecule has 5 heteroatoms. The van der Waals surface area contributed by atoms with E-state index in [1.165, 1.54) is 0 Å². The number of aromatic amines is 1. The number of hydrogen-bond acceptors (Lipinski definition) is 3. The first-order chi connectivity index (χ1) is 9.25. The van der Waals surface area contributed by atoms with Crippen molar-refractivity contribution in [2.24, 2.45) is 7.05 Å². The first-order valence-corrected chi connectivity index (χ1v) is 6.02. The molecule has 3 rings (SSSR count). The normalized spacial score (nSPS) is 12.5. The van der Waals surface area contributed by atoms with E-state index in [0.29, 0.717) is 5.69 Å². The molecule has 0 amide bonds. The molecule has 0 saturated heterocycles. The lowest BCUT2D eigenvalue weighted by atomic mass is 10.0. The van der Waals surface area contributed by atoms with Crippen LogP contribution in [0.3, 0.4) is 0 Å². The van der Waals surface area contributed by atoms with Gasteiger partial charge in [0.05, 0.1) is 17.6 Å². The second-order valence-corrected chi connectivity index (χ2v) is 4.38. The van der Waals surface area contributed by atoms with Crippen LogP contribution in [-0.4, -0.2) is 25.1 Å². The lowest BCUT2D eigenvalue weighted by molar-refractivity contribution is 0.215. The third-order valence-corrected chi connectivity index (χ3v) is 3.04. The average Bonchev–Trinajstić information content (AvgIpc) is 3.07. The van der Waals surface area contributed by atoms with E-state index >= 15 is 0 Å². The molecule has 2 N–H and O–H groups in total. The van der Waals surface area contributed by atoms with E-state index in [9.17, 15) is 5.11 Å². The summed E-state index contributed by atoms with van der Waals surface area (Å²) in [5.41, 5.74) is 3.15. The van der Waals surface area contributed by atoms with Gasteiger partial charge in [0.1, 0.15) is 6.10 Å². The van der Waals surface area contributed by atoms with Gasteiger partial charge in [-0.2, -0.15) is 10.2 Å². The summed E-state index contributed by atoms with van der Waals surface area (Å²) in [6.45, 7) is 0. The molecule has 0 saturated carbocycles. The van der Waals surface area contributed by atoms with Crippen molar-refractivity contribution < 1.29 is 5.11 Å². The van der Waals surface area contributed by atoms with Crippen molar-refractivity contribution in [3.8, 4) is 11.3 Å². The molecule has 0 fully saturated rings. The second-order valence-electron chi connectivity index (χ2n) is 4.38. The van der Waals surface area contributed by atoms with E-state index in [1.807, 2.05) is 37.4 Å². The van der Waals surface area contributed by atoms with Gasteiger partial charge in [0.25, 0.3) is 0 Å². The van der Waals surface area contributed by atoms with Gasteiger partial charge in [-0.3, -0.25) is 9.78 Å². The molecule has 2 heterocycles. The van der Waals surface area contributed by atoms with E-state index < -0.39 is 6.10 Å². The van der Waals surface area contributed by atoms with E-state index in [-0.39, 0.29) is 0 Å². The van der Waals surface area contributed by atoms with Gasteiger partial charge in [-0.15, -0.1) is 0 Å². The van der Waals surface area contributed by atoms with Gasteiger partial charge < -0.3 is 5.11 Å². The van der Waals surface area contributed by atoms with Gasteiger partial charge in [0, 0.05) is 18.8 Å². The highest BCUT2D eigenvalue weighted by Gasteiger charge is 2.19. The van der Waals surface area contributed by atoms with Crippen LogP contribution in [0.1, 0.15) is 17.4 Å². The number of benzene rings is 1. The van der Waals surface area contributed by atoms with Crippen LogP contribution in [0.4, 0.5) is 0 Å². The molecule has 0 aliphatic heterocycles. The van der Waals surface area contributed by atoms with Crippen LogP contribution in [0.2, 0.25) is 0 Å². The molecule has 0 aliphatic carbocycles. The molecule has 3 aromatic rings. The average molecular weight is 254 g/mol. The van der Waals surface area contributed by atoms with E-state index in [2.05, 4.69) is 15.3 Å². The Labute approximate surface area is 110 Å². The molecule has 96 valence electrons. The van der Waals surface area contributed by atoms with E-state index in [1.54, 1.807) is 23.1 Å². The fourth-order valence-electron chi connectivity index (χ4n) is 2.08. The number of aryl methyl sites for hydroxylation is 1. The predicted octanol–water partition coefficient (Wildman–Crippen LogP) is 1.89. The number of hydrogen-bond donors (Lipinski definition) is 2. The maximum Gasteiger partial charge on any atom is 0.126 e. The van der Waals surface area contributed by atoms with Gasteiger partial charge in [0.15, 0.2) is 0 Å². The van der Waals surface area contributed by atoms with Gasteiger partial charge in [-0.1, -0.05) is 30.3 Å². The van der Waals surface area contributed by atoms with Crippen LogP contribution < -0.4 is 0 Å². The molecule has 0 aliphatic rings. The zero-order valence-corrected chi connectivity index (χ0v) is 10.5. The molecule has 2 aromatic heterocycles. The smallest absolute Gasteiger partial charge is 0.126 e. The first kappa shape index (κ1) is 11.7. The van der Waals surface area contributed by atoms with Gasteiger partial charge in [-0.05, 0) is 11.6 Å². The SMILES string of the molecule is Cn1ccc(C(O)c2cn[nH]c2-c2ccccc2)n1. The maximum atomic E-state index is 10.4. The Morgan fingerprint density at radius 2 is 2.00 bits per heavy atom. The Balaban J connectivity index is 2.01. The predicted molar refractivity (Wildman–Crippen MR) is 71.3 cm³/mol. The quantitative estimate of drug-likeness (QED) is 0.750. The maximum absolute atomic E-state index is 10.4. The zero-order chi connectivity index (χ0) is 13.2. The molecule has 1 atom stereocenters. The van der Waals surface area contributed by atoms with Crippen LogP contribution in [-0.2, 0) is 7.05 Å². The third kappa shape index (κ3) is 2.15. The highest BCUT2D eigenvalue weighted by Crippen LogP contribution is 2.29. The van der Waals surface area contributed by atoms with Crippen molar-refractivity contribution in [3.05, 3.63) is 60.0 Å². The van der Waals surface area contributed by atoms with Crippen molar-refractivity contribution in [1.82, 2.24) is 20.0 Å². The number of nitrogens with zero attached hydrogens (tertiary/aromatic N) is 3. The molecular weight excluding hydrogens is 240 g/mol. The Hall–Kier alpha value is -2.40. The van der Waals surface area contributed by atoms with Crippen molar-refractivity contribution in [2.75, 3.05) is 0 Å². The van der Waals surface area contributed by atoms with Crippen molar-refractivity contribution >= 4 is 0 Å². The monoisotopic (exact) mass is 254 g/mol. The van der Waals surface area contributed by atoms with E-state index in [4.69, 9.17) is 0 Å². The van der Waals surface area contributed by atoms with Crippen LogP contribution in [0, 0.1) is 0 Å². The number of H-pyrrole nitrogens is 1. The first-order valence-electron chi connectivity index (χ1n) is 6.02. The summed E-state index contributed by atoms with van der Waals surface area (Å²) in [6, 6.07) is 11.6. The number of nitrogens with one attached hydrogen (secondary N) is 1. The Morgan fingerprint density at radius 1 is 1.21 bits per heavy atom. The summed E-state index contributed by atoms with van der Waals surface area (Å²) in [5, 5.41) is 21.6. The fraction of sp³-hybridized carbons (Fsp3) is 0.143. The summed E-state index contributed by atoms with van der Waals surface area (Å²) in [7, 11) is 1.82. The summed E-state index contributed by atoms with van der Waals surface area (Å²) < 4.78 is 1.67. The van der Waals surface area contributed by atoms with Gasteiger partial charge in [0.2, 0.25) is 0 Å². The van der Waals surface area contributed by atoms with Crippen LogP contribution >= 0.6 is 0 Å². The molecule has 19 heavy (non-hydrogen) atoms. The number of aliphatic hydroxyl groups is 1. The third-order valence-electron chi connectivity index (χ3n) is 3.04. The second kappa shape index (κ2) is 4.70. The minimum absolute atomic E-state index is 0.612. The zero-order valence-electron chi connectivity index (χ0n) is 10.5. The van der Waals surface area contributed by atoms with Gasteiger partial charge >= 0.3 is 0 Å². The summed E-state index contributed by atoms with van der Waals surface area (Å²) in [4.78, 5) is 0. The Kier molecular flexibility index (Phi) is 2.89.